The first kappa shape index (κ1) is 22.5. The zero-order valence-corrected chi connectivity index (χ0v) is 16.8. The fourth-order valence-corrected chi connectivity index (χ4v) is 2.99. The molecule has 156 valence electrons. The summed E-state index contributed by atoms with van der Waals surface area (Å²) in [6, 6.07) is 11.2. The second-order valence-corrected chi connectivity index (χ2v) is 6.87. The Morgan fingerprint density at radius 1 is 0.966 bits per heavy atom. The van der Waals surface area contributed by atoms with Crippen molar-refractivity contribution >= 4 is 17.5 Å². The molecule has 0 saturated carbocycles. The van der Waals surface area contributed by atoms with Crippen LogP contribution in [0.4, 0.5) is 14.5 Å². The highest BCUT2D eigenvalue weighted by Crippen LogP contribution is 2.13. The molecule has 7 heteroatoms. The van der Waals surface area contributed by atoms with Crippen molar-refractivity contribution in [1.29, 1.82) is 0 Å². The van der Waals surface area contributed by atoms with Gasteiger partial charge in [0, 0.05) is 17.8 Å². The van der Waals surface area contributed by atoms with Gasteiger partial charge in [-0.25, -0.2) is 8.78 Å². The predicted octanol–water partition coefficient (Wildman–Crippen LogP) is 3.28. The van der Waals surface area contributed by atoms with Gasteiger partial charge >= 0.3 is 0 Å². The van der Waals surface area contributed by atoms with Crippen LogP contribution in [0.15, 0.2) is 42.5 Å². The Morgan fingerprint density at radius 2 is 1.62 bits per heavy atom. The van der Waals surface area contributed by atoms with Gasteiger partial charge in [0.15, 0.2) is 0 Å². The van der Waals surface area contributed by atoms with Crippen molar-refractivity contribution in [2.24, 2.45) is 0 Å². The van der Waals surface area contributed by atoms with E-state index in [2.05, 4.69) is 10.6 Å². The SMILES string of the molecule is CCCN(CC(=O)NCCc1c(F)cccc1F)CC(=O)Nc1ccccc1C. The summed E-state index contributed by atoms with van der Waals surface area (Å²) in [5, 5.41) is 5.51. The first-order valence-corrected chi connectivity index (χ1v) is 9.68. The second-order valence-electron chi connectivity index (χ2n) is 6.87. The molecule has 0 spiro atoms. The monoisotopic (exact) mass is 403 g/mol. The number of nitrogens with one attached hydrogen (secondary N) is 2. The molecule has 0 saturated heterocycles. The maximum Gasteiger partial charge on any atom is 0.238 e. The van der Waals surface area contributed by atoms with Crippen molar-refractivity contribution in [2.75, 3.05) is 31.5 Å². The van der Waals surface area contributed by atoms with Gasteiger partial charge in [-0.05, 0) is 50.1 Å². The van der Waals surface area contributed by atoms with Crippen LogP contribution in [-0.2, 0) is 16.0 Å². The first-order chi connectivity index (χ1) is 13.9. The van der Waals surface area contributed by atoms with Gasteiger partial charge in [-0.3, -0.25) is 14.5 Å². The van der Waals surface area contributed by atoms with E-state index in [9.17, 15) is 18.4 Å². The average molecular weight is 403 g/mol. The van der Waals surface area contributed by atoms with E-state index < -0.39 is 11.6 Å². The Bertz CT molecular complexity index is 822. The quantitative estimate of drug-likeness (QED) is 0.640. The summed E-state index contributed by atoms with van der Waals surface area (Å²) in [4.78, 5) is 26.3. The first-order valence-electron chi connectivity index (χ1n) is 9.68. The summed E-state index contributed by atoms with van der Waals surface area (Å²) < 4.78 is 27.3. The normalized spacial score (nSPS) is 10.8. The molecule has 2 amide bonds. The molecule has 29 heavy (non-hydrogen) atoms. The van der Waals surface area contributed by atoms with E-state index in [1.54, 1.807) is 4.90 Å². The maximum absolute atomic E-state index is 13.6. The van der Waals surface area contributed by atoms with Crippen molar-refractivity contribution in [3.05, 3.63) is 65.2 Å². The van der Waals surface area contributed by atoms with E-state index in [0.717, 1.165) is 17.7 Å². The molecule has 0 aromatic heterocycles. The molecule has 0 aliphatic rings. The Labute approximate surface area is 170 Å². The van der Waals surface area contributed by atoms with Gasteiger partial charge in [-0.1, -0.05) is 31.2 Å². The van der Waals surface area contributed by atoms with Crippen molar-refractivity contribution < 1.29 is 18.4 Å². The molecule has 0 radical (unpaired) electrons. The number of nitrogens with zero attached hydrogens (tertiary/aromatic N) is 1. The number of anilines is 1. The van der Waals surface area contributed by atoms with Crippen LogP contribution in [-0.4, -0.2) is 42.9 Å². The number of hydrogen-bond acceptors (Lipinski definition) is 3. The van der Waals surface area contributed by atoms with Crippen molar-refractivity contribution in [3.8, 4) is 0 Å². The molecule has 0 heterocycles. The number of carbonyl (C=O) groups is 2. The molecule has 0 aliphatic carbocycles. The molecule has 0 atom stereocenters. The number of rotatable bonds is 10. The van der Waals surface area contributed by atoms with Crippen LogP contribution in [0.2, 0.25) is 0 Å². The van der Waals surface area contributed by atoms with Gasteiger partial charge < -0.3 is 10.6 Å². The van der Waals surface area contributed by atoms with Crippen LogP contribution in [0.25, 0.3) is 0 Å². The van der Waals surface area contributed by atoms with E-state index in [1.807, 2.05) is 38.1 Å². The molecule has 0 aliphatic heterocycles. The third kappa shape index (κ3) is 7.27. The van der Waals surface area contributed by atoms with Gasteiger partial charge in [0.25, 0.3) is 0 Å². The zero-order chi connectivity index (χ0) is 21.2. The topological polar surface area (TPSA) is 61.4 Å². The molecular formula is C22H27F2N3O2. The summed E-state index contributed by atoms with van der Waals surface area (Å²) >= 11 is 0. The van der Waals surface area contributed by atoms with Gasteiger partial charge in [0.05, 0.1) is 13.1 Å². The lowest BCUT2D eigenvalue weighted by Crippen LogP contribution is -2.42. The Kier molecular flexibility index (Phi) is 8.73. The maximum atomic E-state index is 13.6. The molecule has 2 N–H and O–H groups in total. The lowest BCUT2D eigenvalue weighted by atomic mass is 10.1. The minimum Gasteiger partial charge on any atom is -0.355 e. The summed E-state index contributed by atoms with van der Waals surface area (Å²) in [7, 11) is 0. The molecule has 0 fully saturated rings. The van der Waals surface area contributed by atoms with E-state index in [4.69, 9.17) is 0 Å². The van der Waals surface area contributed by atoms with E-state index in [-0.39, 0.29) is 43.4 Å². The average Bonchev–Trinajstić information content (AvgIpc) is 2.66. The molecule has 5 nitrogen and oxygen atoms in total. The fourth-order valence-electron chi connectivity index (χ4n) is 2.99. The Balaban J connectivity index is 1.83. The van der Waals surface area contributed by atoms with Crippen molar-refractivity contribution in [3.63, 3.8) is 0 Å². The van der Waals surface area contributed by atoms with Crippen LogP contribution in [0.5, 0.6) is 0 Å². The van der Waals surface area contributed by atoms with Crippen LogP contribution >= 0.6 is 0 Å². The highest BCUT2D eigenvalue weighted by atomic mass is 19.1. The lowest BCUT2D eigenvalue weighted by molar-refractivity contribution is -0.123. The smallest absolute Gasteiger partial charge is 0.238 e. The van der Waals surface area contributed by atoms with E-state index >= 15 is 0 Å². The fraction of sp³-hybridized carbons (Fsp3) is 0.364. The van der Waals surface area contributed by atoms with E-state index in [0.29, 0.717) is 6.54 Å². The van der Waals surface area contributed by atoms with Crippen LogP contribution in [0.1, 0.15) is 24.5 Å². The van der Waals surface area contributed by atoms with Gasteiger partial charge in [-0.2, -0.15) is 0 Å². The second kappa shape index (κ2) is 11.3. The summed E-state index contributed by atoms with van der Waals surface area (Å²) in [6.07, 6.45) is 0.844. The van der Waals surface area contributed by atoms with Crippen LogP contribution in [0.3, 0.4) is 0 Å². The highest BCUT2D eigenvalue weighted by molar-refractivity contribution is 5.93. The zero-order valence-electron chi connectivity index (χ0n) is 16.8. The summed E-state index contributed by atoms with van der Waals surface area (Å²) in [6.45, 7) is 4.69. The molecule has 2 aromatic rings. The minimum absolute atomic E-state index is 0.0365. The van der Waals surface area contributed by atoms with E-state index in [1.165, 1.54) is 18.2 Å². The molecule has 0 bridgehead atoms. The Hall–Kier alpha value is -2.80. The van der Waals surface area contributed by atoms with Crippen molar-refractivity contribution in [2.45, 2.75) is 26.7 Å². The largest absolute Gasteiger partial charge is 0.355 e. The molecular weight excluding hydrogens is 376 g/mol. The summed E-state index contributed by atoms with van der Waals surface area (Å²) in [5.74, 6) is -1.74. The standard InChI is InChI=1S/C22H27F2N3O2/c1-3-13-27(15-22(29)26-20-10-5-4-7-16(20)2)14-21(28)25-12-11-17-18(23)8-6-9-19(17)24/h4-10H,3,11-15H2,1-2H3,(H,25,28)(H,26,29). The highest BCUT2D eigenvalue weighted by Gasteiger charge is 2.15. The van der Waals surface area contributed by atoms with Gasteiger partial charge in [0.2, 0.25) is 11.8 Å². The molecule has 2 aromatic carbocycles. The Morgan fingerprint density at radius 3 is 2.28 bits per heavy atom. The molecule has 0 unspecified atom stereocenters. The number of hydrogen-bond donors (Lipinski definition) is 2. The van der Waals surface area contributed by atoms with Crippen molar-refractivity contribution in [1.82, 2.24) is 10.2 Å². The van der Waals surface area contributed by atoms with Crippen LogP contribution < -0.4 is 10.6 Å². The van der Waals surface area contributed by atoms with Gasteiger partial charge in [0.1, 0.15) is 11.6 Å². The van der Waals surface area contributed by atoms with Gasteiger partial charge in [-0.15, -0.1) is 0 Å². The third-order valence-corrected chi connectivity index (χ3v) is 4.45. The number of benzene rings is 2. The minimum atomic E-state index is -0.625. The number of amides is 2. The number of halogens is 2. The lowest BCUT2D eigenvalue weighted by Gasteiger charge is -2.21. The number of carbonyl (C=O) groups excluding carboxylic acids is 2. The van der Waals surface area contributed by atoms with Crippen LogP contribution in [0, 0.1) is 18.6 Å². The predicted molar refractivity (Wildman–Crippen MR) is 110 cm³/mol. The third-order valence-electron chi connectivity index (χ3n) is 4.45. The number of para-hydroxylation sites is 1. The number of aryl methyl sites for hydroxylation is 1. The molecule has 2 rings (SSSR count). The summed E-state index contributed by atoms with van der Waals surface area (Å²) in [5.41, 5.74) is 1.65.